The number of fused-ring (bicyclic) bond motifs is 2. The molecule has 3 aromatic rings. The molecule has 2 heterocycles. The first-order valence-corrected chi connectivity index (χ1v) is 10.9. The van der Waals surface area contributed by atoms with E-state index in [1.165, 1.54) is 0 Å². The zero-order valence-corrected chi connectivity index (χ0v) is 18.6. The van der Waals surface area contributed by atoms with Crippen molar-refractivity contribution in [1.29, 1.82) is 0 Å². The van der Waals surface area contributed by atoms with E-state index < -0.39 is 0 Å². The number of carbonyl (C=O) groups excluding carboxylic acids is 1. The van der Waals surface area contributed by atoms with E-state index in [0.717, 1.165) is 22.4 Å². The lowest BCUT2D eigenvalue weighted by Gasteiger charge is -2.22. The molecule has 0 N–H and O–H groups in total. The minimum atomic E-state index is -0.192. The zero-order chi connectivity index (χ0) is 22.2. The largest absolute Gasteiger partial charge is 0.489 e. The lowest BCUT2D eigenvalue weighted by Crippen LogP contribution is -2.18. The van der Waals surface area contributed by atoms with Crippen molar-refractivity contribution in [2.24, 2.45) is 0 Å². The maximum Gasteiger partial charge on any atom is 0.231 e. The average Bonchev–Trinajstić information content (AvgIpc) is 3.09. The molecule has 32 heavy (non-hydrogen) atoms. The van der Waals surface area contributed by atoms with Crippen molar-refractivity contribution >= 4 is 35.1 Å². The minimum Gasteiger partial charge on any atom is -0.489 e. The number of hydrogen-bond donors (Lipinski definition) is 0. The second-order valence-electron chi connectivity index (χ2n) is 7.58. The van der Waals surface area contributed by atoms with Gasteiger partial charge in [0.1, 0.15) is 30.0 Å². The minimum absolute atomic E-state index is 0.164. The number of para-hydroxylation sites is 1. The van der Waals surface area contributed by atoms with Gasteiger partial charge in [-0.25, -0.2) is 0 Å². The molecule has 2 aliphatic rings. The van der Waals surface area contributed by atoms with E-state index >= 15 is 0 Å². The van der Waals surface area contributed by atoms with Crippen LogP contribution in [-0.4, -0.2) is 11.9 Å². The summed E-state index contributed by atoms with van der Waals surface area (Å²) in [5.41, 5.74) is 3.23. The van der Waals surface area contributed by atoms with Gasteiger partial charge in [0, 0.05) is 11.6 Å². The maximum atomic E-state index is 12.9. The number of Topliss-reactive ketones (excluding diaryl/α,β-unsaturated/α-hetero) is 1. The fourth-order valence-electron chi connectivity index (χ4n) is 3.63. The predicted octanol–water partition coefficient (Wildman–Crippen LogP) is 6.90. The molecule has 5 rings (SSSR count). The van der Waals surface area contributed by atoms with Gasteiger partial charge in [0.05, 0.1) is 15.6 Å². The van der Waals surface area contributed by atoms with Crippen molar-refractivity contribution in [2.45, 2.75) is 19.6 Å². The van der Waals surface area contributed by atoms with Crippen molar-refractivity contribution < 1.29 is 19.0 Å². The highest BCUT2D eigenvalue weighted by Gasteiger charge is 2.29. The number of rotatable bonds is 4. The van der Waals surface area contributed by atoms with Crippen molar-refractivity contribution in [2.75, 3.05) is 0 Å². The molecule has 0 spiro atoms. The van der Waals surface area contributed by atoms with Gasteiger partial charge in [-0.1, -0.05) is 47.5 Å². The molecule has 0 bridgehead atoms. The molecule has 0 unspecified atom stereocenters. The molecule has 160 valence electrons. The SMILES string of the molecule is C[C@@H]1Oc2ccccc2C=C1/C=C1\Oc2cc(OCc3ccc(Cl)c(Cl)c3)ccc2C1=O. The number of allylic oxidation sites excluding steroid dienone is 1. The Morgan fingerprint density at radius 2 is 1.84 bits per heavy atom. The van der Waals surface area contributed by atoms with E-state index in [9.17, 15) is 4.79 Å². The number of halogens is 2. The molecular weight excluding hydrogens is 447 g/mol. The average molecular weight is 465 g/mol. The number of ketones is 1. The first kappa shape index (κ1) is 20.7. The van der Waals surface area contributed by atoms with Gasteiger partial charge in [0.15, 0.2) is 5.76 Å². The fourth-order valence-corrected chi connectivity index (χ4v) is 3.95. The molecule has 0 aromatic heterocycles. The normalized spacial score (nSPS) is 17.8. The summed E-state index contributed by atoms with van der Waals surface area (Å²) in [6.45, 7) is 2.26. The smallest absolute Gasteiger partial charge is 0.231 e. The van der Waals surface area contributed by atoms with Gasteiger partial charge in [-0.2, -0.15) is 0 Å². The third kappa shape index (κ3) is 3.99. The van der Waals surface area contributed by atoms with Gasteiger partial charge in [-0.05, 0) is 60.5 Å². The topological polar surface area (TPSA) is 44.8 Å². The summed E-state index contributed by atoms with van der Waals surface area (Å²) < 4.78 is 17.7. The first-order valence-electron chi connectivity index (χ1n) is 10.1. The lowest BCUT2D eigenvalue weighted by atomic mass is 10.0. The molecule has 0 aliphatic carbocycles. The van der Waals surface area contributed by atoms with Gasteiger partial charge in [-0.3, -0.25) is 4.79 Å². The Hall–Kier alpha value is -3.21. The van der Waals surface area contributed by atoms with Crippen molar-refractivity contribution in [3.05, 3.63) is 105 Å². The van der Waals surface area contributed by atoms with Crippen LogP contribution in [-0.2, 0) is 6.61 Å². The second-order valence-corrected chi connectivity index (χ2v) is 8.39. The van der Waals surface area contributed by atoms with Crippen LogP contribution in [0, 0.1) is 0 Å². The Morgan fingerprint density at radius 3 is 2.69 bits per heavy atom. The molecule has 0 saturated heterocycles. The Kier molecular flexibility index (Phi) is 5.41. The summed E-state index contributed by atoms with van der Waals surface area (Å²) in [5, 5.41) is 0.971. The Labute approximate surface area is 195 Å². The Morgan fingerprint density at radius 1 is 1.00 bits per heavy atom. The molecule has 0 amide bonds. The molecule has 2 aliphatic heterocycles. The van der Waals surface area contributed by atoms with E-state index in [1.807, 2.05) is 43.3 Å². The summed E-state index contributed by atoms with van der Waals surface area (Å²) in [6.07, 6.45) is 3.57. The zero-order valence-electron chi connectivity index (χ0n) is 17.1. The lowest BCUT2D eigenvalue weighted by molar-refractivity contribution is 0.101. The third-order valence-electron chi connectivity index (χ3n) is 5.34. The fraction of sp³-hybridized carbons (Fsp3) is 0.115. The standard InChI is InChI=1S/C26H18Cl2O4/c1-15-18(11-17-4-2-3-5-23(17)31-15)12-25-26(29)20-8-7-19(13-24(20)32-25)30-14-16-6-9-21(27)22(28)10-16/h2-13,15H,14H2,1H3/b25-12-/t15-/m0/s1. The van der Waals surface area contributed by atoms with Gasteiger partial charge in [0.2, 0.25) is 5.78 Å². The van der Waals surface area contributed by atoms with Crippen LogP contribution in [0.15, 0.2) is 78.1 Å². The summed E-state index contributed by atoms with van der Waals surface area (Å²) in [6, 6.07) is 18.3. The van der Waals surface area contributed by atoms with Crippen LogP contribution >= 0.6 is 23.2 Å². The molecular formula is C26H18Cl2O4. The van der Waals surface area contributed by atoms with Crippen LogP contribution in [0.4, 0.5) is 0 Å². The van der Waals surface area contributed by atoms with E-state index in [0.29, 0.717) is 33.7 Å². The van der Waals surface area contributed by atoms with Crippen LogP contribution in [0.3, 0.4) is 0 Å². The van der Waals surface area contributed by atoms with Crippen LogP contribution in [0.5, 0.6) is 17.2 Å². The van der Waals surface area contributed by atoms with E-state index in [4.69, 9.17) is 37.4 Å². The Bertz CT molecular complexity index is 1290. The highest BCUT2D eigenvalue weighted by atomic mass is 35.5. The number of carbonyl (C=O) groups is 1. The molecule has 3 aromatic carbocycles. The highest BCUT2D eigenvalue weighted by molar-refractivity contribution is 6.42. The molecule has 0 radical (unpaired) electrons. The summed E-state index contributed by atoms with van der Waals surface area (Å²) >= 11 is 12.0. The van der Waals surface area contributed by atoms with Crippen LogP contribution in [0.1, 0.15) is 28.4 Å². The van der Waals surface area contributed by atoms with Crippen LogP contribution in [0.25, 0.3) is 6.08 Å². The van der Waals surface area contributed by atoms with Crippen molar-refractivity contribution in [3.63, 3.8) is 0 Å². The van der Waals surface area contributed by atoms with Crippen molar-refractivity contribution in [1.82, 2.24) is 0 Å². The van der Waals surface area contributed by atoms with Gasteiger partial charge < -0.3 is 14.2 Å². The molecule has 4 nitrogen and oxygen atoms in total. The number of ether oxygens (including phenoxy) is 3. The molecule has 6 heteroatoms. The van der Waals surface area contributed by atoms with Gasteiger partial charge in [0.25, 0.3) is 0 Å². The third-order valence-corrected chi connectivity index (χ3v) is 6.08. The quantitative estimate of drug-likeness (QED) is 0.394. The van der Waals surface area contributed by atoms with Gasteiger partial charge >= 0.3 is 0 Å². The highest BCUT2D eigenvalue weighted by Crippen LogP contribution is 2.36. The molecule has 0 fully saturated rings. The van der Waals surface area contributed by atoms with Crippen molar-refractivity contribution in [3.8, 4) is 17.2 Å². The predicted molar refractivity (Wildman–Crippen MR) is 125 cm³/mol. The van der Waals surface area contributed by atoms with E-state index in [2.05, 4.69) is 0 Å². The monoisotopic (exact) mass is 464 g/mol. The second kappa shape index (κ2) is 8.38. The van der Waals surface area contributed by atoms with Crippen LogP contribution < -0.4 is 14.2 Å². The van der Waals surface area contributed by atoms with Crippen LogP contribution in [0.2, 0.25) is 10.0 Å². The summed E-state index contributed by atoms with van der Waals surface area (Å²) in [4.78, 5) is 12.9. The maximum absolute atomic E-state index is 12.9. The number of hydrogen-bond acceptors (Lipinski definition) is 4. The molecule has 1 atom stereocenters. The first-order chi connectivity index (χ1) is 15.5. The van der Waals surface area contributed by atoms with E-state index in [-0.39, 0.29) is 17.6 Å². The Balaban J connectivity index is 1.35. The number of benzene rings is 3. The summed E-state index contributed by atoms with van der Waals surface area (Å²) in [7, 11) is 0. The summed E-state index contributed by atoms with van der Waals surface area (Å²) in [5.74, 6) is 1.99. The van der Waals surface area contributed by atoms with E-state index in [1.54, 1.807) is 36.4 Å². The molecule has 0 saturated carbocycles. The van der Waals surface area contributed by atoms with Gasteiger partial charge in [-0.15, -0.1) is 0 Å².